The van der Waals surface area contributed by atoms with Crippen molar-refractivity contribution < 1.29 is 4.79 Å². The van der Waals surface area contributed by atoms with Gasteiger partial charge in [-0.1, -0.05) is 0 Å². The fourth-order valence-electron chi connectivity index (χ4n) is 3.44. The molecule has 3 nitrogen and oxygen atoms in total. The van der Waals surface area contributed by atoms with Gasteiger partial charge in [0, 0.05) is 18.9 Å². The van der Waals surface area contributed by atoms with Crippen LogP contribution in [0.25, 0.3) is 0 Å². The second kappa shape index (κ2) is 6.67. The molecule has 1 unspecified atom stereocenters. The Hall–Kier alpha value is -0.410. The molecule has 18 heavy (non-hydrogen) atoms. The Balaban J connectivity index is 1.63. The molecule has 1 saturated carbocycles. The van der Waals surface area contributed by atoms with Gasteiger partial charge in [0.05, 0.1) is 0 Å². The van der Waals surface area contributed by atoms with Crippen LogP contribution >= 0.6 is 0 Å². The highest BCUT2D eigenvalue weighted by Crippen LogP contribution is 2.25. The van der Waals surface area contributed by atoms with E-state index >= 15 is 0 Å². The van der Waals surface area contributed by atoms with Gasteiger partial charge in [0.2, 0.25) is 0 Å². The number of ketones is 1. The van der Waals surface area contributed by atoms with Crippen LogP contribution in [0, 0.1) is 11.8 Å². The Morgan fingerprint density at radius 3 is 2.50 bits per heavy atom. The SMILES string of the molecule is CN(C)CC1CCN(CCC2CCCC2=O)CC1. The Morgan fingerprint density at radius 1 is 1.22 bits per heavy atom. The fourth-order valence-corrected chi connectivity index (χ4v) is 3.44. The van der Waals surface area contributed by atoms with Gasteiger partial charge in [-0.15, -0.1) is 0 Å². The van der Waals surface area contributed by atoms with Crippen molar-refractivity contribution in [2.24, 2.45) is 11.8 Å². The van der Waals surface area contributed by atoms with Gasteiger partial charge in [-0.25, -0.2) is 0 Å². The number of carbonyl (C=O) groups is 1. The van der Waals surface area contributed by atoms with Crippen LogP contribution in [0.2, 0.25) is 0 Å². The van der Waals surface area contributed by atoms with E-state index in [4.69, 9.17) is 0 Å². The molecular weight excluding hydrogens is 224 g/mol. The van der Waals surface area contributed by atoms with Crippen molar-refractivity contribution in [3.05, 3.63) is 0 Å². The molecular formula is C15H28N2O. The second-order valence-electron chi connectivity index (χ2n) is 6.39. The lowest BCUT2D eigenvalue weighted by molar-refractivity contribution is -0.120. The molecule has 1 saturated heterocycles. The predicted octanol–water partition coefficient (Wildman–Crippen LogP) is 2.02. The van der Waals surface area contributed by atoms with Gasteiger partial charge in [0.25, 0.3) is 0 Å². The number of likely N-dealkylation sites (tertiary alicyclic amines) is 1. The average molecular weight is 252 g/mol. The van der Waals surface area contributed by atoms with E-state index in [9.17, 15) is 4.79 Å². The van der Waals surface area contributed by atoms with E-state index in [0.717, 1.165) is 38.1 Å². The predicted molar refractivity (Wildman–Crippen MR) is 74.7 cm³/mol. The monoisotopic (exact) mass is 252 g/mol. The Kier molecular flexibility index (Phi) is 5.19. The van der Waals surface area contributed by atoms with Gasteiger partial charge in [0.1, 0.15) is 5.78 Å². The number of carbonyl (C=O) groups excluding carboxylic acids is 1. The third-order valence-corrected chi connectivity index (χ3v) is 4.56. The summed E-state index contributed by atoms with van der Waals surface area (Å²) < 4.78 is 0. The van der Waals surface area contributed by atoms with E-state index in [-0.39, 0.29) is 0 Å². The summed E-state index contributed by atoms with van der Waals surface area (Å²) in [6, 6.07) is 0. The van der Waals surface area contributed by atoms with Crippen molar-refractivity contribution in [3.63, 3.8) is 0 Å². The van der Waals surface area contributed by atoms with E-state index < -0.39 is 0 Å². The number of hydrogen-bond donors (Lipinski definition) is 0. The van der Waals surface area contributed by atoms with Crippen LogP contribution in [0.5, 0.6) is 0 Å². The lowest BCUT2D eigenvalue weighted by atomic mass is 9.95. The topological polar surface area (TPSA) is 23.6 Å². The summed E-state index contributed by atoms with van der Waals surface area (Å²) >= 11 is 0. The lowest BCUT2D eigenvalue weighted by Gasteiger charge is -2.33. The molecule has 2 aliphatic rings. The average Bonchev–Trinajstić information content (AvgIpc) is 2.73. The molecule has 1 aliphatic heterocycles. The summed E-state index contributed by atoms with van der Waals surface area (Å²) in [5.74, 6) is 1.80. The van der Waals surface area contributed by atoms with Crippen LogP contribution < -0.4 is 0 Å². The molecule has 0 aromatic heterocycles. The molecule has 3 heteroatoms. The van der Waals surface area contributed by atoms with Crippen molar-refractivity contribution in [2.45, 2.75) is 38.5 Å². The summed E-state index contributed by atoms with van der Waals surface area (Å²) in [5, 5.41) is 0. The summed E-state index contributed by atoms with van der Waals surface area (Å²) in [6.07, 6.45) is 6.89. The van der Waals surface area contributed by atoms with Crippen molar-refractivity contribution in [3.8, 4) is 0 Å². The highest BCUT2D eigenvalue weighted by molar-refractivity contribution is 5.82. The molecule has 104 valence electrons. The van der Waals surface area contributed by atoms with Gasteiger partial charge < -0.3 is 9.80 Å². The van der Waals surface area contributed by atoms with Crippen LogP contribution in [-0.2, 0) is 4.79 Å². The first-order valence-electron chi connectivity index (χ1n) is 7.55. The largest absolute Gasteiger partial charge is 0.309 e. The van der Waals surface area contributed by atoms with Crippen LogP contribution in [0.4, 0.5) is 0 Å². The first kappa shape index (κ1) is 14.0. The molecule has 0 bridgehead atoms. The molecule has 0 aromatic carbocycles. The van der Waals surface area contributed by atoms with Gasteiger partial charge in [0.15, 0.2) is 0 Å². The van der Waals surface area contributed by atoms with E-state index in [1.807, 2.05) is 0 Å². The minimum atomic E-state index is 0.393. The van der Waals surface area contributed by atoms with E-state index in [1.165, 1.54) is 32.5 Å². The Morgan fingerprint density at radius 2 is 1.94 bits per heavy atom. The third-order valence-electron chi connectivity index (χ3n) is 4.56. The molecule has 1 aliphatic carbocycles. The number of rotatable bonds is 5. The first-order valence-corrected chi connectivity index (χ1v) is 7.55. The molecule has 0 amide bonds. The van der Waals surface area contributed by atoms with E-state index in [0.29, 0.717) is 11.7 Å². The zero-order chi connectivity index (χ0) is 13.0. The van der Waals surface area contributed by atoms with Gasteiger partial charge in [-0.3, -0.25) is 4.79 Å². The van der Waals surface area contributed by atoms with Gasteiger partial charge >= 0.3 is 0 Å². The summed E-state index contributed by atoms with van der Waals surface area (Å²) in [5.41, 5.74) is 0. The minimum Gasteiger partial charge on any atom is -0.309 e. The molecule has 0 N–H and O–H groups in total. The Bertz CT molecular complexity index is 270. The van der Waals surface area contributed by atoms with E-state index in [2.05, 4.69) is 23.9 Å². The zero-order valence-corrected chi connectivity index (χ0v) is 12.0. The minimum absolute atomic E-state index is 0.393. The Labute approximate surface area is 112 Å². The highest BCUT2D eigenvalue weighted by Gasteiger charge is 2.25. The van der Waals surface area contributed by atoms with Crippen molar-refractivity contribution in [1.29, 1.82) is 0 Å². The fraction of sp³-hybridized carbons (Fsp3) is 0.933. The van der Waals surface area contributed by atoms with Gasteiger partial charge in [-0.2, -0.15) is 0 Å². The molecule has 0 radical (unpaired) electrons. The number of hydrogen-bond acceptors (Lipinski definition) is 3. The number of Topliss-reactive ketones (excluding diaryl/α,β-unsaturated/α-hetero) is 1. The summed E-state index contributed by atoms with van der Waals surface area (Å²) in [4.78, 5) is 16.5. The zero-order valence-electron chi connectivity index (χ0n) is 12.0. The molecule has 2 fully saturated rings. The smallest absolute Gasteiger partial charge is 0.136 e. The second-order valence-corrected chi connectivity index (χ2v) is 6.39. The van der Waals surface area contributed by atoms with Crippen LogP contribution in [-0.4, -0.2) is 55.9 Å². The first-order chi connectivity index (χ1) is 8.65. The standard InChI is InChI=1S/C15H28N2O/c1-16(2)12-13-6-9-17(10-7-13)11-8-14-4-3-5-15(14)18/h13-14H,3-12H2,1-2H3. The van der Waals surface area contributed by atoms with Gasteiger partial charge in [-0.05, 0) is 71.8 Å². The van der Waals surface area contributed by atoms with E-state index in [1.54, 1.807) is 0 Å². The van der Waals surface area contributed by atoms with Crippen LogP contribution in [0.1, 0.15) is 38.5 Å². The summed E-state index contributed by atoms with van der Waals surface area (Å²) in [6.45, 7) is 4.85. The maximum absolute atomic E-state index is 11.6. The van der Waals surface area contributed by atoms with Crippen molar-refractivity contribution in [1.82, 2.24) is 9.80 Å². The maximum Gasteiger partial charge on any atom is 0.136 e. The number of nitrogens with zero attached hydrogens (tertiary/aromatic N) is 2. The van der Waals surface area contributed by atoms with Crippen LogP contribution in [0.15, 0.2) is 0 Å². The quantitative estimate of drug-likeness (QED) is 0.748. The lowest BCUT2D eigenvalue weighted by Crippen LogP contribution is -2.38. The normalized spacial score (nSPS) is 27.3. The highest BCUT2D eigenvalue weighted by atomic mass is 16.1. The van der Waals surface area contributed by atoms with Crippen LogP contribution in [0.3, 0.4) is 0 Å². The van der Waals surface area contributed by atoms with Crippen molar-refractivity contribution >= 4 is 5.78 Å². The molecule has 0 aromatic rings. The van der Waals surface area contributed by atoms with Crippen molar-refractivity contribution in [2.75, 3.05) is 40.3 Å². The molecule has 1 heterocycles. The number of piperidine rings is 1. The maximum atomic E-state index is 11.6. The molecule has 2 rings (SSSR count). The third kappa shape index (κ3) is 4.06. The molecule has 1 atom stereocenters. The summed E-state index contributed by atoms with van der Waals surface area (Å²) in [7, 11) is 4.33. The molecule has 0 spiro atoms.